The Morgan fingerprint density at radius 2 is 1.94 bits per heavy atom. The lowest BCUT2D eigenvalue weighted by Gasteiger charge is -2.13. The fourth-order valence-electron chi connectivity index (χ4n) is 1.11. The van der Waals surface area contributed by atoms with Gasteiger partial charge in [-0.05, 0) is 17.7 Å². The summed E-state index contributed by atoms with van der Waals surface area (Å²) in [5.74, 6) is -3.05. The summed E-state index contributed by atoms with van der Waals surface area (Å²) in [6.45, 7) is 0. The summed E-state index contributed by atoms with van der Waals surface area (Å²) in [5.41, 5.74) is 6.21. The number of carbonyl (C=O) groups excluding carboxylic acids is 1. The number of aliphatic carboxylic acids is 1. The van der Waals surface area contributed by atoms with Gasteiger partial charge in [0.2, 0.25) is 0 Å². The van der Waals surface area contributed by atoms with Crippen molar-refractivity contribution >= 4 is 23.2 Å². The molecule has 0 aliphatic heterocycles. The Hall–Kier alpha value is -2.56. The average Bonchev–Trinajstić information content (AvgIpc) is 2.29. The average molecular weight is 232 g/mol. The van der Waals surface area contributed by atoms with Crippen molar-refractivity contribution in [1.29, 1.82) is 0 Å². The number of nitrogen functional groups attached to an aromatic ring is 1. The molecular formula is C12H10NO4-. The van der Waals surface area contributed by atoms with E-state index in [4.69, 9.17) is 10.8 Å². The number of hydrogen-bond acceptors (Lipinski definition) is 4. The van der Waals surface area contributed by atoms with Crippen molar-refractivity contribution in [3.8, 4) is 0 Å². The van der Waals surface area contributed by atoms with Crippen LogP contribution in [0.15, 0.2) is 42.5 Å². The van der Waals surface area contributed by atoms with Gasteiger partial charge in [0.25, 0.3) is 5.78 Å². The number of carbonyl (C=O) groups is 2. The molecule has 0 amide bonds. The molecule has 88 valence electrons. The summed E-state index contributed by atoms with van der Waals surface area (Å²) in [7, 11) is 0. The number of hydrogen-bond donors (Lipinski definition) is 2. The maximum absolute atomic E-state index is 11.6. The summed E-state index contributed by atoms with van der Waals surface area (Å²) in [4.78, 5) is 20.9. The van der Waals surface area contributed by atoms with Crippen LogP contribution in [-0.4, -0.2) is 16.9 Å². The molecule has 17 heavy (non-hydrogen) atoms. The van der Waals surface area contributed by atoms with Crippen LogP contribution >= 0.6 is 0 Å². The third-order valence-corrected chi connectivity index (χ3v) is 1.93. The number of carboxylic acids is 1. The highest BCUT2D eigenvalue weighted by molar-refractivity contribution is 6.37. The van der Waals surface area contributed by atoms with Crippen LogP contribution in [0.3, 0.4) is 0 Å². The predicted octanol–water partition coefficient (Wildman–Crippen LogP) is 0.180. The largest absolute Gasteiger partial charge is 0.872 e. The number of ketones is 1. The maximum Gasteiger partial charge on any atom is 0.376 e. The first-order valence-corrected chi connectivity index (χ1v) is 4.70. The van der Waals surface area contributed by atoms with E-state index in [-0.39, 0.29) is 0 Å². The van der Waals surface area contributed by atoms with E-state index >= 15 is 0 Å². The third-order valence-electron chi connectivity index (χ3n) is 1.93. The second-order valence-electron chi connectivity index (χ2n) is 3.15. The van der Waals surface area contributed by atoms with Crippen LogP contribution in [0.25, 0.3) is 5.76 Å². The van der Waals surface area contributed by atoms with Crippen molar-refractivity contribution in [3.05, 3.63) is 48.1 Å². The molecular weight excluding hydrogens is 222 g/mol. The van der Waals surface area contributed by atoms with Gasteiger partial charge in [-0.15, -0.1) is 0 Å². The van der Waals surface area contributed by atoms with Crippen molar-refractivity contribution in [3.63, 3.8) is 0 Å². The Morgan fingerprint density at radius 3 is 2.53 bits per heavy atom. The number of rotatable bonds is 4. The van der Waals surface area contributed by atoms with E-state index in [0.29, 0.717) is 11.3 Å². The van der Waals surface area contributed by atoms with Crippen LogP contribution in [0.1, 0.15) is 5.56 Å². The zero-order chi connectivity index (χ0) is 12.8. The minimum atomic E-state index is -1.57. The fraction of sp³-hybridized carbons (Fsp3) is 0. The topological polar surface area (TPSA) is 103 Å². The molecule has 0 atom stereocenters. The van der Waals surface area contributed by atoms with Crippen LogP contribution in [0.4, 0.5) is 5.69 Å². The normalized spacial score (nSPS) is 11.6. The van der Waals surface area contributed by atoms with Gasteiger partial charge in [0.1, 0.15) is 0 Å². The molecule has 0 fully saturated rings. The second-order valence-corrected chi connectivity index (χ2v) is 3.15. The second kappa shape index (κ2) is 5.50. The van der Waals surface area contributed by atoms with E-state index in [1.807, 2.05) is 0 Å². The van der Waals surface area contributed by atoms with Crippen LogP contribution in [-0.2, 0) is 9.59 Å². The smallest absolute Gasteiger partial charge is 0.376 e. The molecule has 0 bridgehead atoms. The van der Waals surface area contributed by atoms with E-state index in [0.717, 1.165) is 18.2 Å². The standard InChI is InChI=1S/C12H11NO4/c13-9-5-2-1-4-8(9)10(14)6-3-7-11(15)12(16)17/h1-7,14H,13H2,(H,16,17)/p-1/b7-3+,10-6-. The Morgan fingerprint density at radius 1 is 1.29 bits per heavy atom. The molecule has 1 rings (SSSR count). The minimum absolute atomic E-state index is 0.305. The Bertz CT molecular complexity index is 503. The summed E-state index contributed by atoms with van der Waals surface area (Å²) in [5, 5.41) is 19.9. The van der Waals surface area contributed by atoms with Crippen molar-refractivity contribution in [1.82, 2.24) is 0 Å². The summed E-state index contributed by atoms with van der Waals surface area (Å²) in [6, 6.07) is 6.47. The highest BCUT2D eigenvalue weighted by Gasteiger charge is 2.04. The number of anilines is 1. The van der Waals surface area contributed by atoms with E-state index in [1.54, 1.807) is 24.3 Å². The van der Waals surface area contributed by atoms with E-state index < -0.39 is 17.5 Å². The molecule has 0 aliphatic carbocycles. The minimum Gasteiger partial charge on any atom is -0.872 e. The number of nitrogens with two attached hydrogens (primary N) is 1. The highest BCUT2D eigenvalue weighted by atomic mass is 16.4. The lowest BCUT2D eigenvalue weighted by molar-refractivity contribution is -0.243. The molecule has 0 radical (unpaired) electrons. The Labute approximate surface area is 97.5 Å². The van der Waals surface area contributed by atoms with Crippen molar-refractivity contribution < 1.29 is 19.8 Å². The lowest BCUT2D eigenvalue weighted by Crippen LogP contribution is -2.08. The van der Waals surface area contributed by atoms with Crippen molar-refractivity contribution in [2.24, 2.45) is 0 Å². The molecule has 5 heteroatoms. The number of para-hydroxylation sites is 1. The van der Waals surface area contributed by atoms with Gasteiger partial charge in [0.15, 0.2) is 0 Å². The monoisotopic (exact) mass is 232 g/mol. The van der Waals surface area contributed by atoms with Crippen molar-refractivity contribution in [2.45, 2.75) is 0 Å². The van der Waals surface area contributed by atoms with Crippen LogP contribution in [0.2, 0.25) is 0 Å². The van der Waals surface area contributed by atoms with Gasteiger partial charge >= 0.3 is 5.97 Å². The third kappa shape index (κ3) is 3.49. The molecule has 1 aromatic rings. The zero-order valence-electron chi connectivity index (χ0n) is 8.79. The van der Waals surface area contributed by atoms with Gasteiger partial charge in [0.05, 0.1) is 0 Å². The fourth-order valence-corrected chi connectivity index (χ4v) is 1.11. The highest BCUT2D eigenvalue weighted by Crippen LogP contribution is 2.16. The van der Waals surface area contributed by atoms with Gasteiger partial charge in [0, 0.05) is 5.69 Å². The predicted molar refractivity (Wildman–Crippen MR) is 60.6 cm³/mol. The molecule has 0 aliphatic rings. The van der Waals surface area contributed by atoms with Crippen LogP contribution < -0.4 is 10.8 Å². The molecule has 0 saturated carbocycles. The first-order chi connectivity index (χ1) is 8.02. The molecule has 0 saturated heterocycles. The zero-order valence-corrected chi connectivity index (χ0v) is 8.79. The van der Waals surface area contributed by atoms with Crippen LogP contribution in [0, 0.1) is 0 Å². The molecule has 3 N–H and O–H groups in total. The Kier molecular flexibility index (Phi) is 4.05. The van der Waals surface area contributed by atoms with Gasteiger partial charge in [-0.25, -0.2) is 4.79 Å². The quantitative estimate of drug-likeness (QED) is 0.253. The number of allylic oxidation sites excluding steroid dienone is 2. The molecule has 0 aromatic heterocycles. The van der Waals surface area contributed by atoms with Gasteiger partial charge in [-0.3, -0.25) is 4.79 Å². The first kappa shape index (κ1) is 12.5. The Balaban J connectivity index is 2.84. The number of benzene rings is 1. The van der Waals surface area contributed by atoms with Gasteiger partial charge in [-0.2, -0.15) is 0 Å². The maximum atomic E-state index is 11.6. The van der Waals surface area contributed by atoms with Crippen LogP contribution in [0.5, 0.6) is 0 Å². The van der Waals surface area contributed by atoms with E-state index in [2.05, 4.69) is 0 Å². The van der Waals surface area contributed by atoms with Crippen molar-refractivity contribution in [2.75, 3.05) is 5.73 Å². The van der Waals surface area contributed by atoms with E-state index in [9.17, 15) is 14.7 Å². The summed E-state index contributed by atoms with van der Waals surface area (Å²) < 4.78 is 0. The molecule has 0 unspecified atom stereocenters. The number of carboxylic acid groups (broad SMARTS) is 1. The molecule has 0 spiro atoms. The SMILES string of the molecule is Nc1ccccc1/C([O-])=C/C=C/C(=O)C(=O)O. The molecule has 0 heterocycles. The van der Waals surface area contributed by atoms with Gasteiger partial charge < -0.3 is 15.9 Å². The van der Waals surface area contributed by atoms with Gasteiger partial charge in [-0.1, -0.05) is 36.1 Å². The summed E-state index contributed by atoms with van der Waals surface area (Å²) >= 11 is 0. The molecule has 1 aromatic carbocycles. The van der Waals surface area contributed by atoms with E-state index in [1.165, 1.54) is 0 Å². The lowest BCUT2D eigenvalue weighted by atomic mass is 10.1. The molecule has 5 nitrogen and oxygen atoms in total. The summed E-state index contributed by atoms with van der Waals surface area (Å²) in [6.07, 6.45) is 2.98. The first-order valence-electron chi connectivity index (χ1n) is 4.70.